The number of halogens is 2. The molecule has 1 aromatic carbocycles. The van der Waals surface area contributed by atoms with Crippen molar-refractivity contribution in [3.8, 4) is 0 Å². The van der Waals surface area contributed by atoms with Crippen LogP contribution in [0.25, 0.3) is 0 Å². The molecular formula is C12H9ClFNO3S2. The second-order valence-electron chi connectivity index (χ2n) is 3.92. The number of sulfonamides is 1. The molecule has 2 aromatic rings. The van der Waals surface area contributed by atoms with Crippen LogP contribution in [-0.4, -0.2) is 14.3 Å². The van der Waals surface area contributed by atoms with E-state index in [2.05, 4.69) is 0 Å². The van der Waals surface area contributed by atoms with Gasteiger partial charge in [0.05, 0.1) is 5.56 Å². The number of benzene rings is 1. The van der Waals surface area contributed by atoms with Gasteiger partial charge in [-0.1, -0.05) is 11.6 Å². The van der Waals surface area contributed by atoms with Gasteiger partial charge in [0.25, 0.3) is 15.9 Å². The largest absolute Gasteiger partial charge is 0.273 e. The zero-order valence-electron chi connectivity index (χ0n) is 10.2. The zero-order chi connectivity index (χ0) is 14.9. The Morgan fingerprint density at radius 3 is 2.55 bits per heavy atom. The molecule has 106 valence electrons. The molecule has 20 heavy (non-hydrogen) atoms. The van der Waals surface area contributed by atoms with Crippen molar-refractivity contribution < 1.29 is 17.6 Å². The van der Waals surface area contributed by atoms with Crippen molar-refractivity contribution in [3.63, 3.8) is 0 Å². The first-order valence-electron chi connectivity index (χ1n) is 5.38. The molecule has 8 heteroatoms. The van der Waals surface area contributed by atoms with Gasteiger partial charge in [-0.05, 0) is 37.3 Å². The highest BCUT2D eigenvalue weighted by Gasteiger charge is 2.22. The van der Waals surface area contributed by atoms with Gasteiger partial charge < -0.3 is 0 Å². The number of thiophene rings is 1. The first kappa shape index (κ1) is 15.0. The standard InChI is InChI=1S/C12H9ClFNO3S2/c1-7-2-5-11(19-7)20(17,18)15-12(16)9-4-3-8(13)6-10(9)14/h2-6H,1H3,(H,15,16). The second-order valence-corrected chi connectivity index (χ2v) is 7.56. The minimum Gasteiger partial charge on any atom is -0.268 e. The van der Waals surface area contributed by atoms with E-state index in [4.69, 9.17) is 11.6 Å². The maximum absolute atomic E-state index is 13.5. The Bertz CT molecular complexity index is 771. The van der Waals surface area contributed by atoms with Crippen LogP contribution in [0.5, 0.6) is 0 Å². The number of carbonyl (C=O) groups excluding carboxylic acids is 1. The molecule has 0 saturated carbocycles. The van der Waals surface area contributed by atoms with E-state index in [0.29, 0.717) is 0 Å². The van der Waals surface area contributed by atoms with Gasteiger partial charge in [0.2, 0.25) is 0 Å². The van der Waals surface area contributed by atoms with Crippen molar-refractivity contribution in [1.82, 2.24) is 4.72 Å². The number of carbonyl (C=O) groups is 1. The van der Waals surface area contributed by atoms with Crippen molar-refractivity contribution in [1.29, 1.82) is 0 Å². The molecule has 0 aliphatic carbocycles. The quantitative estimate of drug-likeness (QED) is 0.939. The molecule has 0 unspecified atom stereocenters. The summed E-state index contributed by atoms with van der Waals surface area (Å²) in [4.78, 5) is 12.6. The van der Waals surface area contributed by atoms with Crippen molar-refractivity contribution in [3.05, 3.63) is 51.6 Å². The molecule has 0 spiro atoms. The maximum Gasteiger partial charge on any atom is 0.273 e. The molecule has 2 rings (SSSR count). The van der Waals surface area contributed by atoms with Crippen molar-refractivity contribution >= 4 is 38.9 Å². The van der Waals surface area contributed by atoms with E-state index in [0.717, 1.165) is 28.3 Å². The Hall–Kier alpha value is -1.44. The third-order valence-corrected chi connectivity index (χ3v) is 5.44. The van der Waals surface area contributed by atoms with Gasteiger partial charge >= 0.3 is 0 Å². The van der Waals surface area contributed by atoms with Gasteiger partial charge in [-0.25, -0.2) is 17.5 Å². The van der Waals surface area contributed by atoms with Gasteiger partial charge in [0.1, 0.15) is 10.0 Å². The predicted octanol–water partition coefficient (Wildman–Crippen LogP) is 2.97. The van der Waals surface area contributed by atoms with E-state index in [1.165, 1.54) is 12.1 Å². The van der Waals surface area contributed by atoms with Crippen LogP contribution in [0.1, 0.15) is 15.2 Å². The smallest absolute Gasteiger partial charge is 0.268 e. The zero-order valence-corrected chi connectivity index (χ0v) is 12.6. The molecular weight excluding hydrogens is 325 g/mol. The van der Waals surface area contributed by atoms with Crippen LogP contribution in [0, 0.1) is 12.7 Å². The molecule has 0 saturated heterocycles. The van der Waals surface area contributed by atoms with Gasteiger partial charge in [-0.15, -0.1) is 11.3 Å². The fraction of sp³-hybridized carbons (Fsp3) is 0.0833. The molecule has 0 radical (unpaired) electrons. The summed E-state index contributed by atoms with van der Waals surface area (Å²) >= 11 is 6.59. The van der Waals surface area contributed by atoms with E-state index >= 15 is 0 Å². The van der Waals surface area contributed by atoms with E-state index < -0.39 is 21.7 Å². The number of nitrogens with one attached hydrogen (secondary N) is 1. The fourth-order valence-electron chi connectivity index (χ4n) is 1.46. The summed E-state index contributed by atoms with van der Waals surface area (Å²) in [6, 6.07) is 6.38. The molecule has 4 nitrogen and oxygen atoms in total. The highest BCUT2D eigenvalue weighted by Crippen LogP contribution is 2.21. The lowest BCUT2D eigenvalue weighted by atomic mass is 10.2. The predicted molar refractivity (Wildman–Crippen MR) is 75.1 cm³/mol. The Morgan fingerprint density at radius 1 is 1.30 bits per heavy atom. The lowest BCUT2D eigenvalue weighted by Crippen LogP contribution is -2.30. The lowest BCUT2D eigenvalue weighted by molar-refractivity contribution is 0.0977. The van der Waals surface area contributed by atoms with E-state index in [1.54, 1.807) is 13.0 Å². The van der Waals surface area contributed by atoms with Crippen molar-refractivity contribution in [2.24, 2.45) is 0 Å². The van der Waals surface area contributed by atoms with Crippen LogP contribution in [0.15, 0.2) is 34.5 Å². The third-order valence-electron chi connectivity index (χ3n) is 2.38. The first-order valence-corrected chi connectivity index (χ1v) is 8.06. The first-order chi connectivity index (χ1) is 9.29. The Labute approximate surface area is 124 Å². The average Bonchev–Trinajstić information content (AvgIpc) is 2.75. The summed E-state index contributed by atoms with van der Waals surface area (Å²) in [6.07, 6.45) is 0. The summed E-state index contributed by atoms with van der Waals surface area (Å²) in [7, 11) is -3.99. The summed E-state index contributed by atoms with van der Waals surface area (Å²) in [5.41, 5.74) is -0.383. The van der Waals surface area contributed by atoms with Crippen LogP contribution < -0.4 is 4.72 Å². The Kier molecular flexibility index (Phi) is 4.12. The summed E-state index contributed by atoms with van der Waals surface area (Å²) in [5, 5.41) is 0.121. The maximum atomic E-state index is 13.5. The molecule has 0 bridgehead atoms. The molecule has 0 aliphatic heterocycles. The highest BCUT2D eigenvalue weighted by atomic mass is 35.5. The van der Waals surface area contributed by atoms with E-state index in [1.807, 2.05) is 4.72 Å². The van der Waals surface area contributed by atoms with Crippen LogP contribution >= 0.6 is 22.9 Å². The van der Waals surface area contributed by atoms with E-state index in [-0.39, 0.29) is 14.8 Å². The summed E-state index contributed by atoms with van der Waals surface area (Å²) in [6.45, 7) is 1.74. The number of amides is 1. The average molecular weight is 334 g/mol. The van der Waals surface area contributed by atoms with Gasteiger partial charge in [-0.3, -0.25) is 4.79 Å². The molecule has 1 amide bonds. The van der Waals surface area contributed by atoms with E-state index in [9.17, 15) is 17.6 Å². The Balaban J connectivity index is 2.27. The van der Waals surface area contributed by atoms with Crippen LogP contribution in [0.2, 0.25) is 5.02 Å². The molecule has 1 aromatic heterocycles. The molecule has 1 heterocycles. The number of aryl methyl sites for hydroxylation is 1. The van der Waals surface area contributed by atoms with Crippen LogP contribution in [0.3, 0.4) is 0 Å². The number of hydrogen-bond donors (Lipinski definition) is 1. The summed E-state index contributed by atoms with van der Waals surface area (Å²) < 4.78 is 39.2. The van der Waals surface area contributed by atoms with Crippen LogP contribution in [0.4, 0.5) is 4.39 Å². The highest BCUT2D eigenvalue weighted by molar-refractivity contribution is 7.92. The molecule has 0 atom stereocenters. The monoisotopic (exact) mass is 333 g/mol. The SMILES string of the molecule is Cc1ccc(S(=O)(=O)NC(=O)c2ccc(Cl)cc2F)s1. The van der Waals surface area contributed by atoms with Gasteiger partial charge in [0.15, 0.2) is 0 Å². The minimum absolute atomic E-state index is 0.00211. The second kappa shape index (κ2) is 5.51. The minimum atomic E-state index is -3.99. The summed E-state index contributed by atoms with van der Waals surface area (Å²) in [5.74, 6) is -1.92. The normalized spacial score (nSPS) is 11.3. The van der Waals surface area contributed by atoms with Crippen molar-refractivity contribution in [2.45, 2.75) is 11.1 Å². The molecule has 0 fully saturated rings. The lowest BCUT2D eigenvalue weighted by Gasteiger charge is -2.06. The fourth-order valence-corrected chi connectivity index (χ4v) is 3.87. The third kappa shape index (κ3) is 3.17. The van der Waals surface area contributed by atoms with Crippen LogP contribution in [-0.2, 0) is 10.0 Å². The van der Waals surface area contributed by atoms with Gasteiger partial charge in [0, 0.05) is 9.90 Å². The molecule has 1 N–H and O–H groups in total. The van der Waals surface area contributed by atoms with Crippen molar-refractivity contribution in [2.75, 3.05) is 0 Å². The molecule has 0 aliphatic rings. The topological polar surface area (TPSA) is 63.2 Å². The number of hydrogen-bond acceptors (Lipinski definition) is 4. The Morgan fingerprint density at radius 2 is 2.00 bits per heavy atom. The van der Waals surface area contributed by atoms with Gasteiger partial charge in [-0.2, -0.15) is 0 Å². The number of rotatable bonds is 3.